The molecule has 1 heterocycles. The van der Waals surface area contributed by atoms with Crippen LogP contribution in [-0.4, -0.2) is 23.9 Å². The third-order valence-corrected chi connectivity index (χ3v) is 3.05. The third-order valence-electron chi connectivity index (χ3n) is 3.05. The first kappa shape index (κ1) is 12.7. The number of rotatable bonds is 7. The monoisotopic (exact) mass is 212 g/mol. The van der Waals surface area contributed by atoms with E-state index in [1.165, 1.54) is 19.3 Å². The van der Waals surface area contributed by atoms with Crippen molar-refractivity contribution in [3.8, 4) is 0 Å². The number of aliphatic hydroxyl groups is 1. The second-order valence-electron chi connectivity index (χ2n) is 4.40. The topological polar surface area (TPSA) is 29.5 Å². The van der Waals surface area contributed by atoms with Crippen LogP contribution in [0, 0.1) is 0 Å². The molecule has 0 amide bonds. The van der Waals surface area contributed by atoms with Crippen LogP contribution in [0.15, 0.2) is 12.7 Å². The highest BCUT2D eigenvalue weighted by molar-refractivity contribution is 4.73. The number of aliphatic hydroxyl groups excluding tert-OH is 1. The summed E-state index contributed by atoms with van der Waals surface area (Å²) in [6, 6.07) is 0. The Morgan fingerprint density at radius 1 is 1.33 bits per heavy atom. The minimum Gasteiger partial charge on any atom is -0.390 e. The van der Waals surface area contributed by atoms with Crippen LogP contribution in [0.25, 0.3) is 0 Å². The van der Waals surface area contributed by atoms with E-state index in [9.17, 15) is 5.11 Å². The summed E-state index contributed by atoms with van der Waals surface area (Å²) in [7, 11) is 0. The second-order valence-corrected chi connectivity index (χ2v) is 4.40. The molecule has 0 aromatic rings. The SMILES string of the molecule is C=CCCCCCC(O)C1CCCCO1. The van der Waals surface area contributed by atoms with Gasteiger partial charge in [0.05, 0.1) is 12.2 Å². The van der Waals surface area contributed by atoms with Crippen molar-refractivity contribution < 1.29 is 9.84 Å². The Bertz CT molecular complexity index is 162. The molecule has 1 N–H and O–H groups in total. The second kappa shape index (κ2) is 7.89. The fourth-order valence-corrected chi connectivity index (χ4v) is 2.07. The predicted octanol–water partition coefficient (Wildman–Crippen LogP) is 3.05. The first-order chi connectivity index (χ1) is 7.34. The number of allylic oxidation sites excluding steroid dienone is 1. The van der Waals surface area contributed by atoms with Gasteiger partial charge < -0.3 is 9.84 Å². The molecule has 2 heteroatoms. The molecule has 0 aliphatic carbocycles. The first-order valence-corrected chi connectivity index (χ1v) is 6.25. The average molecular weight is 212 g/mol. The molecule has 1 aliphatic rings. The molecule has 1 fully saturated rings. The van der Waals surface area contributed by atoms with E-state index in [2.05, 4.69) is 6.58 Å². The minimum atomic E-state index is -0.242. The number of unbranched alkanes of at least 4 members (excludes halogenated alkanes) is 3. The third kappa shape index (κ3) is 5.33. The molecule has 1 aliphatic heterocycles. The van der Waals surface area contributed by atoms with Gasteiger partial charge in [0.2, 0.25) is 0 Å². The van der Waals surface area contributed by atoms with Crippen LogP contribution in [0.1, 0.15) is 51.4 Å². The summed E-state index contributed by atoms with van der Waals surface area (Å²) in [5.41, 5.74) is 0. The van der Waals surface area contributed by atoms with Crippen molar-refractivity contribution in [1.82, 2.24) is 0 Å². The Hall–Kier alpha value is -0.340. The summed E-state index contributed by atoms with van der Waals surface area (Å²) < 4.78 is 5.55. The van der Waals surface area contributed by atoms with Crippen LogP contribution in [0.3, 0.4) is 0 Å². The van der Waals surface area contributed by atoms with Crippen LogP contribution < -0.4 is 0 Å². The molecular weight excluding hydrogens is 188 g/mol. The molecule has 2 unspecified atom stereocenters. The van der Waals surface area contributed by atoms with Gasteiger partial charge in [-0.05, 0) is 38.5 Å². The van der Waals surface area contributed by atoms with E-state index in [4.69, 9.17) is 4.74 Å². The maximum Gasteiger partial charge on any atom is 0.0833 e. The molecule has 15 heavy (non-hydrogen) atoms. The van der Waals surface area contributed by atoms with Gasteiger partial charge in [-0.3, -0.25) is 0 Å². The van der Waals surface area contributed by atoms with Crippen LogP contribution in [-0.2, 0) is 4.74 Å². The van der Waals surface area contributed by atoms with Crippen molar-refractivity contribution in [3.63, 3.8) is 0 Å². The first-order valence-electron chi connectivity index (χ1n) is 6.25. The van der Waals surface area contributed by atoms with Crippen LogP contribution in [0.2, 0.25) is 0 Å². The zero-order valence-corrected chi connectivity index (χ0v) is 9.66. The van der Waals surface area contributed by atoms with Gasteiger partial charge in [0.1, 0.15) is 0 Å². The van der Waals surface area contributed by atoms with Crippen molar-refractivity contribution in [1.29, 1.82) is 0 Å². The maximum absolute atomic E-state index is 9.89. The van der Waals surface area contributed by atoms with Gasteiger partial charge in [-0.15, -0.1) is 6.58 Å². The fraction of sp³-hybridized carbons (Fsp3) is 0.846. The Morgan fingerprint density at radius 2 is 2.20 bits per heavy atom. The van der Waals surface area contributed by atoms with E-state index < -0.39 is 0 Å². The largest absolute Gasteiger partial charge is 0.390 e. The Kier molecular flexibility index (Phi) is 6.69. The van der Waals surface area contributed by atoms with Gasteiger partial charge in [-0.25, -0.2) is 0 Å². The molecule has 0 spiro atoms. The summed E-state index contributed by atoms with van der Waals surface area (Å²) in [5, 5.41) is 9.89. The molecule has 88 valence electrons. The standard InChI is InChI=1S/C13H24O2/c1-2-3-4-5-6-9-12(14)13-10-7-8-11-15-13/h2,12-14H,1,3-11H2. The summed E-state index contributed by atoms with van der Waals surface area (Å²) in [6.07, 6.45) is 10.7. The molecule has 0 saturated carbocycles. The quantitative estimate of drug-likeness (QED) is 0.519. The summed E-state index contributed by atoms with van der Waals surface area (Å²) in [6.45, 7) is 4.53. The average Bonchev–Trinajstić information content (AvgIpc) is 2.30. The Balaban J connectivity index is 2.01. The zero-order valence-electron chi connectivity index (χ0n) is 9.66. The molecule has 2 nitrogen and oxygen atoms in total. The van der Waals surface area contributed by atoms with E-state index >= 15 is 0 Å². The van der Waals surface area contributed by atoms with Crippen molar-refractivity contribution >= 4 is 0 Å². The van der Waals surface area contributed by atoms with Crippen LogP contribution in [0.4, 0.5) is 0 Å². The normalized spacial score (nSPS) is 23.7. The number of ether oxygens (including phenoxy) is 1. The Labute approximate surface area is 93.3 Å². The van der Waals surface area contributed by atoms with E-state index in [1.54, 1.807) is 0 Å². The van der Waals surface area contributed by atoms with E-state index in [0.717, 1.165) is 38.7 Å². The van der Waals surface area contributed by atoms with Crippen molar-refractivity contribution in [3.05, 3.63) is 12.7 Å². The lowest BCUT2D eigenvalue weighted by atomic mass is 9.99. The van der Waals surface area contributed by atoms with Crippen molar-refractivity contribution in [2.45, 2.75) is 63.6 Å². The molecule has 1 saturated heterocycles. The predicted molar refractivity (Wildman–Crippen MR) is 62.9 cm³/mol. The zero-order chi connectivity index (χ0) is 10.9. The van der Waals surface area contributed by atoms with Gasteiger partial charge in [-0.2, -0.15) is 0 Å². The van der Waals surface area contributed by atoms with Crippen molar-refractivity contribution in [2.24, 2.45) is 0 Å². The molecular formula is C13H24O2. The van der Waals surface area contributed by atoms with E-state index in [1.807, 2.05) is 6.08 Å². The summed E-state index contributed by atoms with van der Waals surface area (Å²) in [5.74, 6) is 0. The Morgan fingerprint density at radius 3 is 2.87 bits per heavy atom. The van der Waals surface area contributed by atoms with E-state index in [-0.39, 0.29) is 12.2 Å². The summed E-state index contributed by atoms with van der Waals surface area (Å²) >= 11 is 0. The lowest BCUT2D eigenvalue weighted by molar-refractivity contribution is -0.0648. The molecule has 0 aromatic carbocycles. The van der Waals surface area contributed by atoms with Gasteiger partial charge >= 0.3 is 0 Å². The smallest absolute Gasteiger partial charge is 0.0833 e. The van der Waals surface area contributed by atoms with E-state index in [0.29, 0.717) is 0 Å². The fourth-order valence-electron chi connectivity index (χ4n) is 2.07. The summed E-state index contributed by atoms with van der Waals surface area (Å²) in [4.78, 5) is 0. The van der Waals surface area contributed by atoms with Crippen LogP contribution in [0.5, 0.6) is 0 Å². The van der Waals surface area contributed by atoms with Gasteiger partial charge in [-0.1, -0.05) is 18.9 Å². The highest BCUT2D eigenvalue weighted by Crippen LogP contribution is 2.19. The number of hydrogen-bond acceptors (Lipinski definition) is 2. The van der Waals surface area contributed by atoms with Gasteiger partial charge in [0, 0.05) is 6.61 Å². The minimum absolute atomic E-state index is 0.109. The lowest BCUT2D eigenvalue weighted by Gasteiger charge is -2.27. The van der Waals surface area contributed by atoms with Crippen LogP contribution >= 0.6 is 0 Å². The molecule has 1 rings (SSSR count). The highest BCUT2D eigenvalue weighted by Gasteiger charge is 2.21. The maximum atomic E-state index is 9.89. The van der Waals surface area contributed by atoms with Gasteiger partial charge in [0.15, 0.2) is 0 Å². The molecule has 0 radical (unpaired) electrons. The molecule has 0 bridgehead atoms. The highest BCUT2D eigenvalue weighted by atomic mass is 16.5. The van der Waals surface area contributed by atoms with Gasteiger partial charge in [0.25, 0.3) is 0 Å². The van der Waals surface area contributed by atoms with Crippen molar-refractivity contribution in [2.75, 3.05) is 6.61 Å². The molecule has 2 atom stereocenters. The molecule has 0 aromatic heterocycles. The lowest BCUT2D eigenvalue weighted by Crippen LogP contribution is -2.32. The number of hydrogen-bond donors (Lipinski definition) is 1.